The largest absolute Gasteiger partial charge is 0.467 e. The zero-order chi connectivity index (χ0) is 13.0. The van der Waals surface area contributed by atoms with Crippen LogP contribution in [0.3, 0.4) is 0 Å². The second-order valence-corrected chi connectivity index (χ2v) is 4.67. The number of methoxy groups -OCH3 is 1. The fourth-order valence-electron chi connectivity index (χ4n) is 1.32. The van der Waals surface area contributed by atoms with Crippen molar-refractivity contribution in [2.45, 2.75) is 0 Å². The zero-order valence-corrected chi connectivity index (χ0v) is 11.7. The molecule has 5 nitrogen and oxygen atoms in total. The summed E-state index contributed by atoms with van der Waals surface area (Å²) >= 11 is 2.16. The van der Waals surface area contributed by atoms with Gasteiger partial charge in [-0.3, -0.25) is 4.79 Å². The number of carbonyl (C=O) groups is 1. The zero-order valence-electron chi connectivity index (χ0n) is 9.55. The van der Waals surface area contributed by atoms with Crippen LogP contribution in [0.15, 0.2) is 36.7 Å². The molecular formula is C12H10IN3O2. The lowest BCUT2D eigenvalue weighted by Crippen LogP contribution is -2.12. The predicted molar refractivity (Wildman–Crippen MR) is 75.7 cm³/mol. The first-order valence-corrected chi connectivity index (χ1v) is 6.20. The highest BCUT2D eigenvalue weighted by Crippen LogP contribution is 2.11. The lowest BCUT2D eigenvalue weighted by atomic mass is 10.2. The molecule has 1 amide bonds. The lowest BCUT2D eigenvalue weighted by molar-refractivity contribution is 0.102. The molecule has 0 aliphatic rings. The molecule has 1 N–H and O–H groups in total. The third-order valence-electron chi connectivity index (χ3n) is 2.16. The number of ether oxygens (including phenoxy) is 1. The van der Waals surface area contributed by atoms with E-state index in [0.717, 1.165) is 3.57 Å². The van der Waals surface area contributed by atoms with E-state index in [1.165, 1.54) is 19.5 Å². The number of rotatable bonds is 3. The van der Waals surface area contributed by atoms with Crippen molar-refractivity contribution in [3.8, 4) is 6.01 Å². The van der Waals surface area contributed by atoms with Crippen LogP contribution in [0.4, 0.5) is 5.69 Å². The molecule has 0 spiro atoms. The highest BCUT2D eigenvalue weighted by Gasteiger charge is 2.07. The van der Waals surface area contributed by atoms with Gasteiger partial charge in [-0.2, -0.15) is 0 Å². The van der Waals surface area contributed by atoms with E-state index in [4.69, 9.17) is 4.74 Å². The van der Waals surface area contributed by atoms with Crippen molar-refractivity contribution >= 4 is 34.2 Å². The lowest BCUT2D eigenvalue weighted by Gasteiger charge is -2.05. The summed E-state index contributed by atoms with van der Waals surface area (Å²) in [6.07, 6.45) is 3.00. The van der Waals surface area contributed by atoms with Gasteiger partial charge in [-0.05, 0) is 40.8 Å². The Hall–Kier alpha value is -1.70. The van der Waals surface area contributed by atoms with E-state index in [9.17, 15) is 4.79 Å². The first-order chi connectivity index (χ1) is 8.69. The molecular weight excluding hydrogens is 345 g/mol. The topological polar surface area (TPSA) is 64.1 Å². The maximum atomic E-state index is 11.9. The Balaban J connectivity index is 2.11. The Labute approximate surface area is 118 Å². The van der Waals surface area contributed by atoms with Crippen molar-refractivity contribution in [2.24, 2.45) is 0 Å². The highest BCUT2D eigenvalue weighted by molar-refractivity contribution is 14.1. The number of benzene rings is 1. The highest BCUT2D eigenvalue weighted by atomic mass is 127. The summed E-state index contributed by atoms with van der Waals surface area (Å²) in [7, 11) is 1.49. The van der Waals surface area contributed by atoms with Gasteiger partial charge >= 0.3 is 6.01 Å². The Bertz CT molecular complexity index is 558. The van der Waals surface area contributed by atoms with Gasteiger partial charge in [0.15, 0.2) is 0 Å². The number of aromatic nitrogens is 2. The Morgan fingerprint density at radius 2 is 2.06 bits per heavy atom. The van der Waals surface area contributed by atoms with Gasteiger partial charge in [-0.1, -0.05) is 6.07 Å². The minimum Gasteiger partial charge on any atom is -0.467 e. The molecule has 6 heteroatoms. The molecule has 2 aromatic rings. The number of nitrogens with zero attached hydrogens (tertiary/aromatic N) is 2. The van der Waals surface area contributed by atoms with Gasteiger partial charge in [0.25, 0.3) is 5.91 Å². The van der Waals surface area contributed by atoms with E-state index in [1.807, 2.05) is 12.1 Å². The summed E-state index contributed by atoms with van der Waals surface area (Å²) in [5.41, 5.74) is 1.12. The van der Waals surface area contributed by atoms with E-state index >= 15 is 0 Å². The van der Waals surface area contributed by atoms with Crippen molar-refractivity contribution in [3.63, 3.8) is 0 Å². The second-order valence-electron chi connectivity index (χ2n) is 3.42. The Kier molecular flexibility index (Phi) is 4.08. The van der Waals surface area contributed by atoms with E-state index in [-0.39, 0.29) is 11.9 Å². The molecule has 1 aromatic carbocycles. The molecule has 18 heavy (non-hydrogen) atoms. The number of carbonyl (C=O) groups excluding carboxylic acids is 1. The summed E-state index contributed by atoms with van der Waals surface area (Å²) in [5, 5.41) is 2.71. The molecule has 0 unspecified atom stereocenters. The van der Waals surface area contributed by atoms with Crippen LogP contribution in [0, 0.1) is 3.57 Å². The van der Waals surface area contributed by atoms with Crippen LogP contribution in [-0.4, -0.2) is 23.0 Å². The molecule has 0 fully saturated rings. The third-order valence-corrected chi connectivity index (χ3v) is 2.83. The molecule has 0 atom stereocenters. The standard InChI is InChI=1S/C12H10IN3O2/c1-18-12-14-6-10(7-15-12)16-11(17)8-3-2-4-9(13)5-8/h2-7H,1H3,(H,16,17). The normalized spacial score (nSPS) is 9.89. The average molecular weight is 355 g/mol. The molecule has 0 saturated carbocycles. The van der Waals surface area contributed by atoms with E-state index in [1.54, 1.807) is 12.1 Å². The first-order valence-electron chi connectivity index (χ1n) is 5.12. The minimum atomic E-state index is -0.192. The number of hydrogen-bond donors (Lipinski definition) is 1. The van der Waals surface area contributed by atoms with Crippen molar-refractivity contribution in [2.75, 3.05) is 12.4 Å². The van der Waals surface area contributed by atoms with Crippen molar-refractivity contribution in [1.82, 2.24) is 9.97 Å². The molecule has 0 aliphatic carbocycles. The monoisotopic (exact) mass is 355 g/mol. The number of amides is 1. The number of anilines is 1. The maximum absolute atomic E-state index is 11.9. The summed E-state index contributed by atoms with van der Waals surface area (Å²) in [6.45, 7) is 0. The summed E-state index contributed by atoms with van der Waals surface area (Å²) in [4.78, 5) is 19.7. The summed E-state index contributed by atoms with van der Waals surface area (Å²) in [6, 6.07) is 7.58. The third kappa shape index (κ3) is 3.16. The van der Waals surface area contributed by atoms with E-state index in [2.05, 4.69) is 37.9 Å². The maximum Gasteiger partial charge on any atom is 0.316 e. The fourth-order valence-corrected chi connectivity index (χ4v) is 1.86. The van der Waals surface area contributed by atoms with Crippen LogP contribution in [0.5, 0.6) is 6.01 Å². The molecule has 0 bridgehead atoms. The number of hydrogen-bond acceptors (Lipinski definition) is 4. The summed E-state index contributed by atoms with van der Waals surface area (Å²) < 4.78 is 5.84. The van der Waals surface area contributed by atoms with E-state index in [0.29, 0.717) is 11.3 Å². The fraction of sp³-hybridized carbons (Fsp3) is 0.0833. The van der Waals surface area contributed by atoms with Crippen LogP contribution in [0.2, 0.25) is 0 Å². The molecule has 0 aliphatic heterocycles. The average Bonchev–Trinajstić information content (AvgIpc) is 2.39. The van der Waals surface area contributed by atoms with Crippen LogP contribution >= 0.6 is 22.6 Å². The van der Waals surface area contributed by atoms with Crippen molar-refractivity contribution in [1.29, 1.82) is 0 Å². The van der Waals surface area contributed by atoms with Gasteiger partial charge in [-0.25, -0.2) is 9.97 Å². The smallest absolute Gasteiger partial charge is 0.316 e. The van der Waals surface area contributed by atoms with Gasteiger partial charge in [0.1, 0.15) is 0 Å². The van der Waals surface area contributed by atoms with Gasteiger partial charge in [0.05, 0.1) is 25.2 Å². The number of nitrogens with one attached hydrogen (secondary N) is 1. The van der Waals surface area contributed by atoms with Gasteiger partial charge in [0.2, 0.25) is 0 Å². The Morgan fingerprint density at radius 3 is 2.67 bits per heavy atom. The van der Waals surface area contributed by atoms with Crippen molar-refractivity contribution in [3.05, 3.63) is 45.8 Å². The molecule has 1 heterocycles. The predicted octanol–water partition coefficient (Wildman–Crippen LogP) is 2.34. The van der Waals surface area contributed by atoms with Crippen LogP contribution < -0.4 is 10.1 Å². The second kappa shape index (κ2) is 5.76. The summed E-state index contributed by atoms with van der Waals surface area (Å²) in [5.74, 6) is -0.192. The number of halogens is 1. The van der Waals surface area contributed by atoms with Crippen molar-refractivity contribution < 1.29 is 9.53 Å². The van der Waals surface area contributed by atoms with Crippen LogP contribution in [0.1, 0.15) is 10.4 Å². The van der Waals surface area contributed by atoms with E-state index < -0.39 is 0 Å². The minimum absolute atomic E-state index is 0.192. The van der Waals surface area contributed by atoms with Crippen LogP contribution in [0.25, 0.3) is 0 Å². The SMILES string of the molecule is COc1ncc(NC(=O)c2cccc(I)c2)cn1. The van der Waals surface area contributed by atoms with Gasteiger partial charge < -0.3 is 10.1 Å². The first kappa shape index (κ1) is 12.7. The molecule has 0 radical (unpaired) electrons. The molecule has 0 saturated heterocycles. The van der Waals surface area contributed by atoms with Gasteiger partial charge in [-0.15, -0.1) is 0 Å². The quantitative estimate of drug-likeness (QED) is 0.859. The molecule has 1 aromatic heterocycles. The molecule has 2 rings (SSSR count). The molecule has 92 valence electrons. The van der Waals surface area contributed by atoms with Crippen LogP contribution in [-0.2, 0) is 0 Å². The Morgan fingerprint density at radius 1 is 1.33 bits per heavy atom. The van der Waals surface area contributed by atoms with Gasteiger partial charge in [0, 0.05) is 9.13 Å².